The van der Waals surface area contributed by atoms with Gasteiger partial charge in [0.25, 0.3) is 0 Å². The average Bonchev–Trinajstić information content (AvgIpc) is 2.88. The van der Waals surface area contributed by atoms with Crippen LogP contribution in [-0.4, -0.2) is 38.5 Å². The lowest BCUT2D eigenvalue weighted by Gasteiger charge is -2.24. The van der Waals surface area contributed by atoms with E-state index in [-0.39, 0.29) is 6.10 Å². The highest BCUT2D eigenvalue weighted by Crippen LogP contribution is 2.27. The normalized spacial score (nSPS) is 19.7. The Hall–Kier alpha value is -0.430. The lowest BCUT2D eigenvalue weighted by atomic mass is 10.2. The Morgan fingerprint density at radius 3 is 2.75 bits per heavy atom. The van der Waals surface area contributed by atoms with Gasteiger partial charge in [-0.3, -0.25) is 0 Å². The fourth-order valence-electron chi connectivity index (χ4n) is 2.37. The van der Waals surface area contributed by atoms with Crippen molar-refractivity contribution >= 4 is 26.0 Å². The number of rotatable bonds is 5. The molecule has 4 nitrogen and oxygen atoms in total. The maximum Gasteiger partial charge on any atom is 0.244 e. The third kappa shape index (κ3) is 3.42. The summed E-state index contributed by atoms with van der Waals surface area (Å²) in [5.74, 6) is 0. The van der Waals surface area contributed by atoms with Crippen LogP contribution in [0.5, 0.6) is 0 Å². The SMILES string of the molecule is CCN(CC1CCCO1)S(=O)(=O)c1ccc(C)cc1Br. The smallest absolute Gasteiger partial charge is 0.244 e. The number of benzene rings is 1. The standard InChI is InChI=1S/C14H20BrNO3S/c1-3-16(10-12-5-4-8-19-12)20(17,18)14-7-6-11(2)9-13(14)15/h6-7,9,12H,3-5,8,10H2,1-2H3. The van der Waals surface area contributed by atoms with Crippen LogP contribution in [0.2, 0.25) is 0 Å². The summed E-state index contributed by atoms with van der Waals surface area (Å²) in [7, 11) is -3.48. The quantitative estimate of drug-likeness (QED) is 0.809. The summed E-state index contributed by atoms with van der Waals surface area (Å²) in [6.07, 6.45) is 1.96. The maximum atomic E-state index is 12.7. The van der Waals surface area contributed by atoms with Crippen LogP contribution in [0, 0.1) is 6.92 Å². The van der Waals surface area contributed by atoms with Gasteiger partial charge in [-0.1, -0.05) is 13.0 Å². The summed E-state index contributed by atoms with van der Waals surface area (Å²) >= 11 is 3.36. The molecular formula is C14H20BrNO3S. The second-order valence-electron chi connectivity index (χ2n) is 5.02. The second-order valence-corrected chi connectivity index (χ2v) is 7.79. The number of ether oxygens (including phenoxy) is 1. The monoisotopic (exact) mass is 361 g/mol. The van der Waals surface area contributed by atoms with Crippen molar-refractivity contribution in [1.82, 2.24) is 4.31 Å². The molecule has 20 heavy (non-hydrogen) atoms. The van der Waals surface area contributed by atoms with Crippen molar-refractivity contribution in [3.63, 3.8) is 0 Å². The molecule has 0 aromatic heterocycles. The number of halogens is 1. The lowest BCUT2D eigenvalue weighted by molar-refractivity contribution is 0.0946. The molecule has 1 aliphatic rings. The summed E-state index contributed by atoms with van der Waals surface area (Å²) in [6.45, 7) is 5.40. The zero-order valence-electron chi connectivity index (χ0n) is 11.8. The Bertz CT molecular complexity index is 568. The zero-order valence-corrected chi connectivity index (χ0v) is 14.2. The Morgan fingerprint density at radius 2 is 2.20 bits per heavy atom. The highest BCUT2D eigenvalue weighted by atomic mass is 79.9. The van der Waals surface area contributed by atoms with Gasteiger partial charge in [-0.25, -0.2) is 8.42 Å². The average molecular weight is 362 g/mol. The van der Waals surface area contributed by atoms with Gasteiger partial charge in [0.1, 0.15) is 0 Å². The molecule has 1 aromatic carbocycles. The molecule has 6 heteroatoms. The molecule has 1 aliphatic heterocycles. The minimum Gasteiger partial charge on any atom is -0.377 e. The first-order valence-electron chi connectivity index (χ1n) is 6.83. The summed E-state index contributed by atoms with van der Waals surface area (Å²) in [6, 6.07) is 5.30. The molecule has 0 spiro atoms. The van der Waals surface area contributed by atoms with Crippen LogP contribution in [0.4, 0.5) is 0 Å². The summed E-state index contributed by atoms with van der Waals surface area (Å²) in [4.78, 5) is 0.322. The van der Waals surface area contributed by atoms with Gasteiger partial charge in [0.15, 0.2) is 0 Å². The number of aryl methyl sites for hydroxylation is 1. The predicted molar refractivity (Wildman–Crippen MR) is 82.3 cm³/mol. The number of nitrogens with zero attached hydrogens (tertiary/aromatic N) is 1. The van der Waals surface area contributed by atoms with Gasteiger partial charge < -0.3 is 4.74 Å². The Morgan fingerprint density at radius 1 is 1.45 bits per heavy atom. The van der Waals surface area contributed by atoms with Crippen LogP contribution in [0.15, 0.2) is 27.6 Å². The van der Waals surface area contributed by atoms with E-state index in [1.54, 1.807) is 6.07 Å². The first-order valence-corrected chi connectivity index (χ1v) is 9.06. The van der Waals surface area contributed by atoms with Gasteiger partial charge >= 0.3 is 0 Å². The molecule has 1 heterocycles. The van der Waals surface area contributed by atoms with E-state index in [9.17, 15) is 8.42 Å². The second kappa shape index (κ2) is 6.56. The molecule has 1 atom stereocenters. The molecule has 1 fully saturated rings. The molecule has 0 N–H and O–H groups in total. The molecule has 1 aromatic rings. The fourth-order valence-corrected chi connectivity index (χ4v) is 5.00. The minimum atomic E-state index is -3.48. The van der Waals surface area contributed by atoms with Crippen molar-refractivity contribution in [2.24, 2.45) is 0 Å². The molecule has 0 saturated carbocycles. The number of likely N-dealkylation sites (N-methyl/N-ethyl adjacent to an activating group) is 1. The van der Waals surface area contributed by atoms with E-state index in [4.69, 9.17) is 4.74 Å². The van der Waals surface area contributed by atoms with Gasteiger partial charge in [-0.15, -0.1) is 0 Å². The van der Waals surface area contributed by atoms with Gasteiger partial charge in [-0.2, -0.15) is 4.31 Å². The van der Waals surface area contributed by atoms with Crippen LogP contribution >= 0.6 is 15.9 Å². The van der Waals surface area contributed by atoms with E-state index in [2.05, 4.69) is 15.9 Å². The molecule has 1 saturated heterocycles. The fraction of sp³-hybridized carbons (Fsp3) is 0.571. The van der Waals surface area contributed by atoms with Crippen LogP contribution in [0.3, 0.4) is 0 Å². The van der Waals surface area contributed by atoms with E-state index in [1.165, 1.54) is 4.31 Å². The maximum absolute atomic E-state index is 12.7. The number of hydrogen-bond acceptors (Lipinski definition) is 3. The van der Waals surface area contributed by atoms with E-state index >= 15 is 0 Å². The van der Waals surface area contributed by atoms with Gasteiger partial charge in [0.05, 0.1) is 11.0 Å². The van der Waals surface area contributed by atoms with Gasteiger partial charge in [0.2, 0.25) is 10.0 Å². The summed E-state index contributed by atoms with van der Waals surface area (Å²) in [5.41, 5.74) is 1.03. The number of hydrogen-bond donors (Lipinski definition) is 0. The largest absolute Gasteiger partial charge is 0.377 e. The van der Waals surface area contributed by atoms with E-state index in [0.29, 0.717) is 22.5 Å². The first kappa shape index (κ1) is 15.9. The van der Waals surface area contributed by atoms with Gasteiger partial charge in [0, 0.05) is 24.2 Å². The van der Waals surface area contributed by atoms with Crippen LogP contribution in [0.1, 0.15) is 25.3 Å². The molecule has 0 bridgehead atoms. The van der Waals surface area contributed by atoms with E-state index < -0.39 is 10.0 Å². The van der Waals surface area contributed by atoms with E-state index in [1.807, 2.05) is 26.0 Å². The van der Waals surface area contributed by atoms with E-state index in [0.717, 1.165) is 25.0 Å². The first-order chi connectivity index (χ1) is 9.45. The van der Waals surface area contributed by atoms with Crippen LogP contribution in [0.25, 0.3) is 0 Å². The highest BCUT2D eigenvalue weighted by Gasteiger charge is 2.29. The molecule has 112 valence electrons. The third-order valence-corrected chi connectivity index (χ3v) is 6.41. The molecule has 0 amide bonds. The van der Waals surface area contributed by atoms with Crippen molar-refractivity contribution in [2.75, 3.05) is 19.7 Å². The summed E-state index contributed by atoms with van der Waals surface area (Å²) < 4.78 is 33.1. The molecule has 0 radical (unpaired) electrons. The predicted octanol–water partition coefficient (Wildman–Crippen LogP) is 2.95. The molecule has 1 unspecified atom stereocenters. The highest BCUT2D eigenvalue weighted by molar-refractivity contribution is 9.10. The van der Waals surface area contributed by atoms with Gasteiger partial charge in [-0.05, 0) is 53.4 Å². The van der Waals surface area contributed by atoms with Crippen molar-refractivity contribution in [2.45, 2.75) is 37.7 Å². The van der Waals surface area contributed by atoms with Crippen molar-refractivity contribution in [1.29, 1.82) is 0 Å². The third-order valence-electron chi connectivity index (χ3n) is 3.49. The molecule has 2 rings (SSSR count). The number of sulfonamides is 1. The van der Waals surface area contributed by atoms with Crippen molar-refractivity contribution < 1.29 is 13.2 Å². The van der Waals surface area contributed by atoms with Crippen molar-refractivity contribution in [3.8, 4) is 0 Å². The lowest BCUT2D eigenvalue weighted by Crippen LogP contribution is -2.37. The van der Waals surface area contributed by atoms with Crippen molar-refractivity contribution in [3.05, 3.63) is 28.2 Å². The Kier molecular flexibility index (Phi) is 5.23. The van der Waals surface area contributed by atoms with Crippen LogP contribution in [-0.2, 0) is 14.8 Å². The summed E-state index contributed by atoms with van der Waals surface area (Å²) in [5, 5.41) is 0. The zero-order chi connectivity index (χ0) is 14.8. The minimum absolute atomic E-state index is 0.0222. The topological polar surface area (TPSA) is 46.6 Å². The molecule has 0 aliphatic carbocycles. The molecular weight excluding hydrogens is 342 g/mol. The Balaban J connectivity index is 2.26. The Labute approximate surface area is 129 Å². The van der Waals surface area contributed by atoms with Crippen LogP contribution < -0.4 is 0 Å².